The van der Waals surface area contributed by atoms with Crippen LogP contribution in [0.15, 0.2) is 54.6 Å². The number of alkyl halides is 1. The van der Waals surface area contributed by atoms with Gasteiger partial charge in [0.05, 0.1) is 6.67 Å². The third-order valence-corrected chi connectivity index (χ3v) is 7.87. The monoisotopic (exact) mass is 537 g/mol. The van der Waals surface area contributed by atoms with E-state index in [2.05, 4.69) is 4.90 Å². The van der Waals surface area contributed by atoms with Crippen LogP contribution >= 0.6 is 11.3 Å². The van der Waals surface area contributed by atoms with Gasteiger partial charge < -0.3 is 14.6 Å². The lowest BCUT2D eigenvalue weighted by Crippen LogP contribution is -2.26. The van der Waals surface area contributed by atoms with Crippen LogP contribution in [0, 0.1) is 19.7 Å². The number of aryl methyl sites for hydroxylation is 2. The SMILES string of the molecule is Cc1cc(F)cc(C)c1C(=O)c1sc2cc(O)ccc2c1Oc1ccc(O[C@H]2CCN(CCCF)C2)cc1. The van der Waals surface area contributed by atoms with E-state index >= 15 is 0 Å². The first-order valence-corrected chi connectivity index (χ1v) is 13.4. The number of phenols is 1. The van der Waals surface area contributed by atoms with Crippen LogP contribution in [0.1, 0.15) is 39.2 Å². The van der Waals surface area contributed by atoms with Gasteiger partial charge in [-0.2, -0.15) is 0 Å². The zero-order chi connectivity index (χ0) is 26.8. The first-order chi connectivity index (χ1) is 18.3. The smallest absolute Gasteiger partial charge is 0.207 e. The zero-order valence-electron chi connectivity index (χ0n) is 21.3. The van der Waals surface area contributed by atoms with Crippen molar-refractivity contribution < 1.29 is 28.2 Å². The number of hydrogen-bond acceptors (Lipinski definition) is 6. The van der Waals surface area contributed by atoms with Crippen molar-refractivity contribution in [2.75, 3.05) is 26.3 Å². The highest BCUT2D eigenvalue weighted by Crippen LogP contribution is 2.43. The predicted molar refractivity (Wildman–Crippen MR) is 145 cm³/mol. The molecule has 5 nitrogen and oxygen atoms in total. The molecule has 2 heterocycles. The number of halogens is 2. The average molecular weight is 538 g/mol. The molecule has 1 aliphatic rings. The molecule has 4 aromatic rings. The number of likely N-dealkylation sites (tertiary alicyclic amines) is 1. The van der Waals surface area contributed by atoms with Crippen molar-refractivity contribution in [3.05, 3.63) is 82.0 Å². The van der Waals surface area contributed by atoms with Crippen LogP contribution in [0.4, 0.5) is 8.78 Å². The number of rotatable bonds is 9. The minimum atomic E-state index is -0.387. The number of nitrogens with zero attached hydrogens (tertiary/aromatic N) is 1. The quantitative estimate of drug-likeness (QED) is 0.229. The third-order valence-electron chi connectivity index (χ3n) is 6.74. The van der Waals surface area contributed by atoms with E-state index in [0.29, 0.717) is 55.3 Å². The lowest BCUT2D eigenvalue weighted by molar-refractivity contribution is 0.103. The van der Waals surface area contributed by atoms with Crippen molar-refractivity contribution in [2.45, 2.75) is 32.8 Å². The molecule has 5 rings (SSSR count). The fourth-order valence-corrected chi connectivity index (χ4v) is 6.08. The van der Waals surface area contributed by atoms with Gasteiger partial charge in [0, 0.05) is 35.3 Å². The van der Waals surface area contributed by atoms with E-state index in [1.165, 1.54) is 23.5 Å². The second-order valence-corrected chi connectivity index (χ2v) is 10.7. The Morgan fingerprint density at radius 1 is 1.08 bits per heavy atom. The van der Waals surface area contributed by atoms with Crippen molar-refractivity contribution in [1.29, 1.82) is 0 Å². The van der Waals surface area contributed by atoms with Gasteiger partial charge in [0.15, 0.2) is 5.75 Å². The zero-order valence-corrected chi connectivity index (χ0v) is 22.1. The fraction of sp³-hybridized carbons (Fsp3) is 0.300. The van der Waals surface area contributed by atoms with Crippen LogP contribution in [0.25, 0.3) is 10.1 Å². The van der Waals surface area contributed by atoms with E-state index in [-0.39, 0.29) is 30.1 Å². The van der Waals surface area contributed by atoms with Gasteiger partial charge in [-0.3, -0.25) is 14.1 Å². The summed E-state index contributed by atoms with van der Waals surface area (Å²) in [4.78, 5) is 16.3. The standard InChI is InChI=1S/C30H29F2NO4S/c1-18-14-20(32)15-19(2)27(18)28(35)30-29(25-9-4-21(34)16-26(25)38-30)37-23-7-5-22(6-8-23)36-24-10-13-33(17-24)12-3-11-31/h4-9,14-16,24,34H,3,10-13,17H2,1-2H3/t24-/m0/s1. The maximum atomic E-state index is 13.9. The van der Waals surface area contributed by atoms with Crippen LogP contribution in [-0.4, -0.2) is 48.2 Å². The summed E-state index contributed by atoms with van der Waals surface area (Å²) in [5.74, 6) is 1.09. The molecule has 198 valence electrons. The van der Waals surface area contributed by atoms with Gasteiger partial charge >= 0.3 is 0 Å². The first kappa shape index (κ1) is 26.1. The molecular formula is C30H29F2NO4S. The van der Waals surface area contributed by atoms with Gasteiger partial charge in [-0.05, 0) is 92.4 Å². The summed E-state index contributed by atoms with van der Waals surface area (Å²) < 4.78 is 39.4. The second kappa shape index (κ2) is 11.1. The molecule has 8 heteroatoms. The highest BCUT2D eigenvalue weighted by Gasteiger charge is 2.26. The van der Waals surface area contributed by atoms with Crippen molar-refractivity contribution in [3.8, 4) is 23.0 Å². The number of thiophene rings is 1. The first-order valence-electron chi connectivity index (χ1n) is 12.6. The third kappa shape index (κ3) is 5.51. The Balaban J connectivity index is 1.40. The lowest BCUT2D eigenvalue weighted by Gasteiger charge is -2.16. The van der Waals surface area contributed by atoms with Gasteiger partial charge in [0.25, 0.3) is 0 Å². The van der Waals surface area contributed by atoms with Crippen LogP contribution < -0.4 is 9.47 Å². The Hall–Kier alpha value is -3.49. The van der Waals surface area contributed by atoms with Gasteiger partial charge in [0.1, 0.15) is 34.0 Å². The van der Waals surface area contributed by atoms with Gasteiger partial charge in [-0.15, -0.1) is 11.3 Å². The molecular weight excluding hydrogens is 508 g/mol. The van der Waals surface area contributed by atoms with E-state index in [0.717, 1.165) is 26.1 Å². The summed E-state index contributed by atoms with van der Waals surface area (Å²) in [5.41, 5.74) is 1.54. The molecule has 38 heavy (non-hydrogen) atoms. The van der Waals surface area contributed by atoms with Crippen LogP contribution in [0.3, 0.4) is 0 Å². The highest BCUT2D eigenvalue weighted by molar-refractivity contribution is 7.21. The number of ketones is 1. The molecule has 0 unspecified atom stereocenters. The number of carbonyl (C=O) groups excluding carboxylic acids is 1. The molecule has 1 atom stereocenters. The van der Waals surface area contributed by atoms with Crippen molar-refractivity contribution in [1.82, 2.24) is 4.90 Å². The van der Waals surface area contributed by atoms with E-state index in [1.807, 2.05) is 12.1 Å². The predicted octanol–water partition coefficient (Wildman–Crippen LogP) is 7.20. The molecule has 1 saturated heterocycles. The Kier molecular flexibility index (Phi) is 7.63. The molecule has 0 spiro atoms. The molecule has 1 aromatic heterocycles. The topological polar surface area (TPSA) is 59.0 Å². The van der Waals surface area contributed by atoms with Crippen molar-refractivity contribution in [3.63, 3.8) is 0 Å². The second-order valence-electron chi connectivity index (χ2n) is 9.63. The van der Waals surface area contributed by atoms with E-state index in [4.69, 9.17) is 9.47 Å². The van der Waals surface area contributed by atoms with E-state index in [9.17, 15) is 18.7 Å². The highest BCUT2D eigenvalue weighted by atomic mass is 32.1. The summed E-state index contributed by atoms with van der Waals surface area (Å²) >= 11 is 1.23. The minimum Gasteiger partial charge on any atom is -0.508 e. The summed E-state index contributed by atoms with van der Waals surface area (Å²) in [6.07, 6.45) is 1.49. The Morgan fingerprint density at radius 3 is 2.50 bits per heavy atom. The fourth-order valence-electron chi connectivity index (χ4n) is 4.97. The summed E-state index contributed by atoms with van der Waals surface area (Å²) in [6, 6.07) is 14.8. The van der Waals surface area contributed by atoms with Gasteiger partial charge in [-0.1, -0.05) is 0 Å². The molecule has 0 bridgehead atoms. The molecule has 1 N–H and O–H groups in total. The summed E-state index contributed by atoms with van der Waals surface area (Å²) in [6.45, 7) is 5.54. The number of fused-ring (bicyclic) bond motifs is 1. The number of benzene rings is 3. The average Bonchev–Trinajstić information content (AvgIpc) is 3.47. The van der Waals surface area contributed by atoms with Gasteiger partial charge in [0.2, 0.25) is 5.78 Å². The van der Waals surface area contributed by atoms with E-state index in [1.54, 1.807) is 44.2 Å². The largest absolute Gasteiger partial charge is 0.508 e. The van der Waals surface area contributed by atoms with Gasteiger partial charge in [-0.25, -0.2) is 4.39 Å². The number of aromatic hydroxyl groups is 1. The normalized spacial score (nSPS) is 15.7. The van der Waals surface area contributed by atoms with Crippen LogP contribution in [-0.2, 0) is 0 Å². The Bertz CT molecular complexity index is 1440. The minimum absolute atomic E-state index is 0.0567. The number of carbonyl (C=O) groups is 1. The maximum absolute atomic E-state index is 13.9. The lowest BCUT2D eigenvalue weighted by atomic mass is 9.97. The molecule has 0 aliphatic carbocycles. The Morgan fingerprint density at radius 2 is 1.79 bits per heavy atom. The molecule has 0 saturated carbocycles. The summed E-state index contributed by atoms with van der Waals surface area (Å²) in [5, 5.41) is 10.7. The Labute approximate surface area is 224 Å². The number of hydrogen-bond donors (Lipinski definition) is 1. The molecule has 1 aliphatic heterocycles. The number of phenolic OH excluding ortho intramolecular Hbond substituents is 1. The summed E-state index contributed by atoms with van der Waals surface area (Å²) in [7, 11) is 0. The van der Waals surface area contributed by atoms with Crippen LogP contribution in [0.2, 0.25) is 0 Å². The molecule has 1 fully saturated rings. The van der Waals surface area contributed by atoms with Crippen LogP contribution in [0.5, 0.6) is 23.0 Å². The van der Waals surface area contributed by atoms with Crippen molar-refractivity contribution in [2.24, 2.45) is 0 Å². The molecule has 0 amide bonds. The van der Waals surface area contributed by atoms with Crippen molar-refractivity contribution >= 4 is 27.2 Å². The van der Waals surface area contributed by atoms with E-state index < -0.39 is 0 Å². The number of ether oxygens (including phenoxy) is 2. The molecule has 0 radical (unpaired) electrons. The molecule has 3 aromatic carbocycles. The maximum Gasteiger partial charge on any atom is 0.207 e.